The highest BCUT2D eigenvalue weighted by molar-refractivity contribution is 5.73. The molecule has 0 spiro atoms. The van der Waals surface area contributed by atoms with Crippen LogP contribution in [0, 0.1) is 5.92 Å². The molecule has 2 rings (SSSR count). The summed E-state index contributed by atoms with van der Waals surface area (Å²) in [5, 5.41) is 0. The zero-order valence-corrected chi connectivity index (χ0v) is 16.6. The number of rotatable bonds is 5. The first-order valence-electron chi connectivity index (χ1n) is 9.51. The van der Waals surface area contributed by atoms with Crippen molar-refractivity contribution in [1.82, 2.24) is 9.88 Å². The van der Waals surface area contributed by atoms with Gasteiger partial charge in [-0.15, -0.1) is 0 Å². The molecule has 2 heterocycles. The largest absolute Gasteiger partial charge is 0.303 e. The summed E-state index contributed by atoms with van der Waals surface area (Å²) >= 11 is 0. The lowest BCUT2D eigenvalue weighted by Crippen LogP contribution is -2.19. The van der Waals surface area contributed by atoms with E-state index >= 15 is 0 Å². The SMILES string of the molecule is C/C=C(\N=CC(C)C)c1ccccn1.CC.CCCN1CCCC1. The van der Waals surface area contributed by atoms with Crippen LogP contribution in [0.1, 0.15) is 66.5 Å². The number of hydrogen-bond acceptors (Lipinski definition) is 3. The molecule has 136 valence electrons. The smallest absolute Gasteiger partial charge is 0.0882 e. The van der Waals surface area contributed by atoms with Gasteiger partial charge in [-0.25, -0.2) is 0 Å². The van der Waals surface area contributed by atoms with Crippen LogP contribution in [0.2, 0.25) is 0 Å². The molecule has 1 saturated heterocycles. The topological polar surface area (TPSA) is 28.5 Å². The molecule has 1 aliphatic rings. The highest BCUT2D eigenvalue weighted by Crippen LogP contribution is 2.12. The van der Waals surface area contributed by atoms with Crippen molar-refractivity contribution < 1.29 is 0 Å². The van der Waals surface area contributed by atoms with Crippen LogP contribution in [0.4, 0.5) is 0 Å². The molecule has 0 radical (unpaired) electrons. The summed E-state index contributed by atoms with van der Waals surface area (Å²) < 4.78 is 0. The Labute approximate surface area is 149 Å². The molecule has 1 aromatic heterocycles. The molecule has 0 amide bonds. The molecule has 0 aromatic carbocycles. The van der Waals surface area contributed by atoms with Crippen molar-refractivity contribution in [1.29, 1.82) is 0 Å². The molecule has 0 saturated carbocycles. The van der Waals surface area contributed by atoms with Crippen LogP contribution in [0.25, 0.3) is 5.70 Å². The molecule has 0 N–H and O–H groups in total. The predicted octanol–water partition coefficient (Wildman–Crippen LogP) is 5.69. The van der Waals surface area contributed by atoms with E-state index in [1.54, 1.807) is 6.20 Å². The van der Waals surface area contributed by atoms with Crippen LogP contribution in [-0.2, 0) is 0 Å². The van der Waals surface area contributed by atoms with Crippen molar-refractivity contribution in [3.63, 3.8) is 0 Å². The van der Waals surface area contributed by atoms with E-state index in [1.165, 1.54) is 38.9 Å². The summed E-state index contributed by atoms with van der Waals surface area (Å²) in [6, 6.07) is 5.84. The molecule has 24 heavy (non-hydrogen) atoms. The van der Waals surface area contributed by atoms with Crippen LogP contribution in [0.5, 0.6) is 0 Å². The molecule has 0 unspecified atom stereocenters. The van der Waals surface area contributed by atoms with Crippen LogP contribution in [-0.4, -0.2) is 35.7 Å². The van der Waals surface area contributed by atoms with Crippen molar-refractivity contribution in [2.24, 2.45) is 10.9 Å². The summed E-state index contributed by atoms with van der Waals surface area (Å²) in [5.41, 5.74) is 1.85. The van der Waals surface area contributed by atoms with Crippen molar-refractivity contribution >= 4 is 11.9 Å². The van der Waals surface area contributed by atoms with Crippen LogP contribution in [0.15, 0.2) is 35.5 Å². The van der Waals surface area contributed by atoms with E-state index in [-0.39, 0.29) is 0 Å². The van der Waals surface area contributed by atoms with Gasteiger partial charge in [0.1, 0.15) is 0 Å². The third-order valence-electron chi connectivity index (χ3n) is 3.45. The van der Waals surface area contributed by atoms with E-state index in [1.807, 2.05) is 51.3 Å². The van der Waals surface area contributed by atoms with Crippen molar-refractivity contribution in [3.8, 4) is 0 Å². The van der Waals surface area contributed by atoms with Crippen molar-refractivity contribution in [2.75, 3.05) is 19.6 Å². The van der Waals surface area contributed by atoms with E-state index in [0.29, 0.717) is 5.92 Å². The lowest BCUT2D eigenvalue weighted by molar-refractivity contribution is 0.339. The maximum Gasteiger partial charge on any atom is 0.0882 e. The fraction of sp³-hybridized carbons (Fsp3) is 0.619. The summed E-state index contributed by atoms with van der Waals surface area (Å²) in [4.78, 5) is 11.2. The van der Waals surface area contributed by atoms with E-state index < -0.39 is 0 Å². The molecule has 1 fully saturated rings. The number of hydrogen-bond donors (Lipinski definition) is 0. The molecule has 0 bridgehead atoms. The van der Waals surface area contributed by atoms with Gasteiger partial charge in [-0.05, 0) is 63.9 Å². The Morgan fingerprint density at radius 3 is 2.38 bits per heavy atom. The van der Waals surface area contributed by atoms with Gasteiger partial charge in [0.15, 0.2) is 0 Å². The number of nitrogens with zero attached hydrogens (tertiary/aromatic N) is 3. The van der Waals surface area contributed by atoms with E-state index in [4.69, 9.17) is 0 Å². The number of aliphatic imine (C=N–C) groups is 1. The Morgan fingerprint density at radius 1 is 1.25 bits per heavy atom. The molecule has 0 atom stereocenters. The summed E-state index contributed by atoms with van der Waals surface area (Å²) in [5.74, 6) is 0.466. The molecule has 3 heteroatoms. The second-order valence-corrected chi connectivity index (χ2v) is 5.96. The fourth-order valence-corrected chi connectivity index (χ4v) is 2.35. The minimum Gasteiger partial charge on any atom is -0.303 e. The number of aromatic nitrogens is 1. The van der Waals surface area contributed by atoms with Crippen molar-refractivity contribution in [3.05, 3.63) is 36.2 Å². The fourth-order valence-electron chi connectivity index (χ4n) is 2.35. The molecule has 3 nitrogen and oxygen atoms in total. The Bertz CT molecular complexity index is 443. The van der Waals surface area contributed by atoms with E-state index in [0.717, 1.165) is 11.4 Å². The maximum atomic E-state index is 4.39. The third-order valence-corrected chi connectivity index (χ3v) is 3.45. The lowest BCUT2D eigenvalue weighted by Gasteiger charge is -2.11. The van der Waals surface area contributed by atoms with Gasteiger partial charge in [-0.2, -0.15) is 0 Å². The first-order valence-corrected chi connectivity index (χ1v) is 9.51. The third kappa shape index (κ3) is 10.3. The second kappa shape index (κ2) is 15.1. The van der Waals surface area contributed by atoms with Crippen LogP contribution in [0.3, 0.4) is 0 Å². The number of allylic oxidation sites excluding steroid dienone is 1. The zero-order chi connectivity index (χ0) is 18.2. The van der Waals surface area contributed by atoms with Crippen LogP contribution < -0.4 is 0 Å². The minimum atomic E-state index is 0.466. The monoisotopic (exact) mass is 331 g/mol. The second-order valence-electron chi connectivity index (χ2n) is 5.96. The number of pyridine rings is 1. The Hall–Kier alpha value is -1.48. The van der Waals surface area contributed by atoms with Gasteiger partial charge in [-0.3, -0.25) is 9.98 Å². The zero-order valence-electron chi connectivity index (χ0n) is 16.6. The quantitative estimate of drug-likeness (QED) is 0.649. The predicted molar refractivity (Wildman–Crippen MR) is 109 cm³/mol. The highest BCUT2D eigenvalue weighted by Gasteiger charge is 2.08. The average Bonchev–Trinajstić information content (AvgIpc) is 3.12. The Morgan fingerprint density at radius 2 is 1.92 bits per heavy atom. The molecular weight excluding hydrogens is 294 g/mol. The van der Waals surface area contributed by atoms with Crippen molar-refractivity contribution in [2.45, 2.75) is 60.8 Å². The highest BCUT2D eigenvalue weighted by atomic mass is 15.1. The minimum absolute atomic E-state index is 0.466. The lowest BCUT2D eigenvalue weighted by atomic mass is 10.2. The van der Waals surface area contributed by atoms with E-state index in [2.05, 4.69) is 35.6 Å². The standard InChI is InChI=1S/C12H16N2.C7H15N.C2H6/c1-4-11(14-9-10(2)3)12-7-5-6-8-13-12;1-2-5-8-6-3-4-7-8;1-2/h4-10H,1-3H3;2-7H2,1H3;1-2H3/b11-4-,14-9?;;. The van der Waals surface area contributed by atoms with Gasteiger partial charge >= 0.3 is 0 Å². The van der Waals surface area contributed by atoms with Gasteiger partial charge in [0.25, 0.3) is 0 Å². The summed E-state index contributed by atoms with van der Waals surface area (Å²) in [7, 11) is 0. The number of likely N-dealkylation sites (tertiary alicyclic amines) is 1. The van der Waals surface area contributed by atoms with Gasteiger partial charge in [0, 0.05) is 12.4 Å². The molecular formula is C21H37N3. The van der Waals surface area contributed by atoms with E-state index in [9.17, 15) is 0 Å². The summed E-state index contributed by atoms with van der Waals surface area (Å²) in [6.07, 6.45) is 9.87. The van der Waals surface area contributed by atoms with Gasteiger partial charge in [0.05, 0.1) is 11.4 Å². The first-order chi connectivity index (χ1) is 11.7. The summed E-state index contributed by atoms with van der Waals surface area (Å²) in [6.45, 7) is 16.5. The molecule has 0 aliphatic carbocycles. The maximum absolute atomic E-state index is 4.39. The average molecular weight is 332 g/mol. The van der Waals surface area contributed by atoms with Gasteiger partial charge in [0.2, 0.25) is 0 Å². The van der Waals surface area contributed by atoms with Gasteiger partial charge < -0.3 is 4.90 Å². The first kappa shape index (κ1) is 22.5. The molecule has 1 aromatic rings. The van der Waals surface area contributed by atoms with Crippen LogP contribution >= 0.6 is 0 Å². The normalized spacial score (nSPS) is 15.0. The Balaban J connectivity index is 0.000000447. The van der Waals surface area contributed by atoms with Gasteiger partial charge in [-0.1, -0.05) is 46.8 Å². The Kier molecular flexibility index (Phi) is 14.1. The molecule has 1 aliphatic heterocycles.